The fraction of sp³-hybridized carbons (Fsp3) is 0.647. The molecule has 1 saturated carbocycles. The summed E-state index contributed by atoms with van der Waals surface area (Å²) in [6, 6.07) is 7.60. The molecule has 1 fully saturated rings. The Morgan fingerprint density at radius 3 is 2.58 bits per heavy atom. The maximum atomic E-state index is 5.98. The van der Waals surface area contributed by atoms with E-state index in [1.807, 2.05) is 0 Å². The lowest BCUT2D eigenvalue weighted by Gasteiger charge is -2.24. The van der Waals surface area contributed by atoms with Crippen LogP contribution in [0.2, 0.25) is 0 Å². The maximum absolute atomic E-state index is 5.98. The molecule has 19 heavy (non-hydrogen) atoms. The summed E-state index contributed by atoms with van der Waals surface area (Å²) < 4.78 is 0. The minimum atomic E-state index is 0.290. The molecule has 106 valence electrons. The van der Waals surface area contributed by atoms with Crippen LogP contribution in [-0.4, -0.2) is 12.6 Å². The predicted octanol–water partition coefficient (Wildman–Crippen LogP) is 3.47. The molecular weight excluding hydrogens is 232 g/mol. The lowest BCUT2D eigenvalue weighted by Crippen LogP contribution is -2.35. The van der Waals surface area contributed by atoms with E-state index in [1.165, 1.54) is 36.0 Å². The van der Waals surface area contributed by atoms with Crippen LogP contribution in [0.15, 0.2) is 18.2 Å². The zero-order valence-corrected chi connectivity index (χ0v) is 12.8. The Morgan fingerprint density at radius 2 is 2.05 bits per heavy atom. The molecule has 0 heterocycles. The second-order valence-electron chi connectivity index (χ2n) is 6.90. The fourth-order valence-electron chi connectivity index (χ4n) is 3.14. The van der Waals surface area contributed by atoms with Gasteiger partial charge in [0.25, 0.3) is 0 Å². The minimum absolute atomic E-state index is 0.290. The maximum Gasteiger partial charge on any atom is 0.0446 e. The van der Waals surface area contributed by atoms with Crippen LogP contribution < -0.4 is 11.1 Å². The zero-order chi connectivity index (χ0) is 14.0. The third kappa shape index (κ3) is 3.58. The van der Waals surface area contributed by atoms with E-state index in [-0.39, 0.29) is 6.04 Å². The van der Waals surface area contributed by atoms with Crippen molar-refractivity contribution in [2.45, 2.75) is 59.0 Å². The van der Waals surface area contributed by atoms with E-state index in [4.69, 9.17) is 5.73 Å². The van der Waals surface area contributed by atoms with Crippen molar-refractivity contribution in [2.24, 2.45) is 11.1 Å². The van der Waals surface area contributed by atoms with Crippen molar-refractivity contribution in [2.75, 3.05) is 6.54 Å². The topological polar surface area (TPSA) is 38.0 Å². The van der Waals surface area contributed by atoms with E-state index in [0.29, 0.717) is 18.0 Å². The molecule has 1 aromatic rings. The summed E-state index contributed by atoms with van der Waals surface area (Å²) in [7, 11) is 0. The van der Waals surface area contributed by atoms with Crippen molar-refractivity contribution >= 4 is 0 Å². The first-order chi connectivity index (χ1) is 8.91. The van der Waals surface area contributed by atoms with E-state index in [2.05, 4.69) is 51.2 Å². The van der Waals surface area contributed by atoms with Gasteiger partial charge in [-0.1, -0.05) is 32.0 Å². The third-order valence-corrected chi connectivity index (χ3v) is 4.57. The van der Waals surface area contributed by atoms with Crippen molar-refractivity contribution in [1.82, 2.24) is 5.32 Å². The molecule has 2 unspecified atom stereocenters. The SMILES string of the molecule is Cc1ccc(C(CN)NC2CCC(C)(C)C2)cc1C. The molecule has 0 saturated heterocycles. The molecule has 0 bridgehead atoms. The molecule has 0 aromatic heterocycles. The van der Waals surface area contributed by atoms with Gasteiger partial charge in [0, 0.05) is 18.6 Å². The zero-order valence-electron chi connectivity index (χ0n) is 12.8. The van der Waals surface area contributed by atoms with Gasteiger partial charge >= 0.3 is 0 Å². The summed E-state index contributed by atoms with van der Waals surface area (Å²) >= 11 is 0. The number of nitrogens with one attached hydrogen (secondary N) is 1. The summed E-state index contributed by atoms with van der Waals surface area (Å²) in [5.41, 5.74) is 10.5. The highest BCUT2D eigenvalue weighted by molar-refractivity contribution is 5.32. The van der Waals surface area contributed by atoms with Crippen LogP contribution in [0.25, 0.3) is 0 Å². The van der Waals surface area contributed by atoms with Crippen LogP contribution >= 0.6 is 0 Å². The Kier molecular flexibility index (Phi) is 4.32. The van der Waals surface area contributed by atoms with Gasteiger partial charge in [0.2, 0.25) is 0 Å². The third-order valence-electron chi connectivity index (χ3n) is 4.57. The van der Waals surface area contributed by atoms with Gasteiger partial charge in [-0.25, -0.2) is 0 Å². The quantitative estimate of drug-likeness (QED) is 0.870. The highest BCUT2D eigenvalue weighted by atomic mass is 15.0. The monoisotopic (exact) mass is 260 g/mol. The summed E-state index contributed by atoms with van der Waals surface area (Å²) in [5.74, 6) is 0. The van der Waals surface area contributed by atoms with Gasteiger partial charge in [-0.05, 0) is 55.2 Å². The van der Waals surface area contributed by atoms with Gasteiger partial charge in [-0.3, -0.25) is 0 Å². The number of rotatable bonds is 4. The normalized spacial score (nSPS) is 23.5. The molecule has 1 aliphatic rings. The number of benzene rings is 1. The number of hydrogen-bond acceptors (Lipinski definition) is 2. The second-order valence-corrected chi connectivity index (χ2v) is 6.90. The first kappa shape index (κ1) is 14.5. The Bertz CT molecular complexity index is 437. The van der Waals surface area contributed by atoms with Crippen LogP contribution in [-0.2, 0) is 0 Å². The van der Waals surface area contributed by atoms with Crippen LogP contribution in [0.5, 0.6) is 0 Å². The molecule has 1 aliphatic carbocycles. The molecule has 2 nitrogen and oxygen atoms in total. The molecule has 0 aliphatic heterocycles. The van der Waals surface area contributed by atoms with Gasteiger partial charge in [0.05, 0.1) is 0 Å². The average Bonchev–Trinajstić information content (AvgIpc) is 2.69. The number of aryl methyl sites for hydroxylation is 2. The molecule has 2 rings (SSSR count). The van der Waals surface area contributed by atoms with Crippen molar-refractivity contribution in [3.05, 3.63) is 34.9 Å². The van der Waals surface area contributed by atoms with Gasteiger partial charge < -0.3 is 11.1 Å². The van der Waals surface area contributed by atoms with Crippen LogP contribution in [0.1, 0.15) is 55.8 Å². The first-order valence-electron chi connectivity index (χ1n) is 7.44. The summed E-state index contributed by atoms with van der Waals surface area (Å²) in [6.07, 6.45) is 3.84. The van der Waals surface area contributed by atoms with Gasteiger partial charge in [-0.15, -0.1) is 0 Å². The van der Waals surface area contributed by atoms with E-state index < -0.39 is 0 Å². The van der Waals surface area contributed by atoms with Crippen molar-refractivity contribution in [3.8, 4) is 0 Å². The van der Waals surface area contributed by atoms with Crippen LogP contribution in [0, 0.1) is 19.3 Å². The van der Waals surface area contributed by atoms with Crippen molar-refractivity contribution < 1.29 is 0 Å². The molecule has 1 aromatic carbocycles. The molecule has 2 heteroatoms. The van der Waals surface area contributed by atoms with Crippen LogP contribution in [0.4, 0.5) is 0 Å². The Balaban J connectivity index is 2.06. The standard InChI is InChI=1S/C17H28N2/c1-12-5-6-14(9-13(12)2)16(11-18)19-15-7-8-17(3,4)10-15/h5-6,9,15-16,19H,7-8,10-11,18H2,1-4H3. The van der Waals surface area contributed by atoms with Gasteiger partial charge in [-0.2, -0.15) is 0 Å². The summed E-state index contributed by atoms with van der Waals surface area (Å²) in [6.45, 7) is 9.72. The first-order valence-corrected chi connectivity index (χ1v) is 7.44. The molecular formula is C17H28N2. The van der Waals surface area contributed by atoms with E-state index in [9.17, 15) is 0 Å². The Morgan fingerprint density at radius 1 is 1.32 bits per heavy atom. The lowest BCUT2D eigenvalue weighted by molar-refractivity contribution is 0.353. The Labute approximate surface area is 117 Å². The van der Waals surface area contributed by atoms with E-state index in [1.54, 1.807) is 0 Å². The molecule has 2 atom stereocenters. The van der Waals surface area contributed by atoms with Crippen LogP contribution in [0.3, 0.4) is 0 Å². The highest BCUT2D eigenvalue weighted by Gasteiger charge is 2.31. The van der Waals surface area contributed by atoms with Gasteiger partial charge in [0.1, 0.15) is 0 Å². The average molecular weight is 260 g/mol. The summed E-state index contributed by atoms with van der Waals surface area (Å²) in [5, 5.41) is 3.76. The molecule has 0 radical (unpaired) electrons. The number of hydrogen-bond donors (Lipinski definition) is 2. The molecule has 0 spiro atoms. The van der Waals surface area contributed by atoms with Crippen molar-refractivity contribution in [1.29, 1.82) is 0 Å². The Hall–Kier alpha value is -0.860. The molecule has 3 N–H and O–H groups in total. The van der Waals surface area contributed by atoms with Gasteiger partial charge in [0.15, 0.2) is 0 Å². The van der Waals surface area contributed by atoms with E-state index >= 15 is 0 Å². The smallest absolute Gasteiger partial charge is 0.0446 e. The fourth-order valence-corrected chi connectivity index (χ4v) is 3.14. The molecule has 0 amide bonds. The van der Waals surface area contributed by atoms with E-state index in [0.717, 1.165) is 0 Å². The largest absolute Gasteiger partial charge is 0.329 e. The highest BCUT2D eigenvalue weighted by Crippen LogP contribution is 2.37. The number of nitrogens with two attached hydrogens (primary N) is 1. The second kappa shape index (κ2) is 5.64. The lowest BCUT2D eigenvalue weighted by atomic mass is 9.91. The predicted molar refractivity (Wildman–Crippen MR) is 82.3 cm³/mol. The summed E-state index contributed by atoms with van der Waals surface area (Å²) in [4.78, 5) is 0. The van der Waals surface area contributed by atoms with Crippen molar-refractivity contribution in [3.63, 3.8) is 0 Å². The minimum Gasteiger partial charge on any atom is -0.329 e.